The van der Waals surface area contributed by atoms with Crippen molar-refractivity contribution in [1.29, 1.82) is 0 Å². The zero-order chi connectivity index (χ0) is 14.4. The van der Waals surface area contributed by atoms with Crippen molar-refractivity contribution >= 4 is 40.3 Å². The summed E-state index contributed by atoms with van der Waals surface area (Å²) in [6.07, 6.45) is 0.472. The molecule has 0 fully saturated rings. The lowest BCUT2D eigenvalue weighted by Gasteiger charge is -2.22. The first kappa shape index (κ1) is 12.9. The number of halogens is 1. The van der Waals surface area contributed by atoms with Crippen LogP contribution in [-0.4, -0.2) is 15.5 Å². The number of hydrogen-bond acceptors (Lipinski definition) is 3. The number of thioether (sulfide) groups is 1. The summed E-state index contributed by atoms with van der Waals surface area (Å²) < 4.78 is 1.73. The van der Waals surface area contributed by atoms with Crippen molar-refractivity contribution < 1.29 is 4.79 Å². The van der Waals surface area contributed by atoms with Gasteiger partial charge in [0.1, 0.15) is 0 Å². The Hall–Kier alpha value is -1.78. The Balaban J connectivity index is 1.78. The predicted octanol–water partition coefficient (Wildman–Crippen LogP) is 4.57. The molecule has 0 amide bonds. The van der Waals surface area contributed by atoms with E-state index in [1.54, 1.807) is 16.3 Å². The molecule has 0 bridgehead atoms. The van der Waals surface area contributed by atoms with E-state index >= 15 is 0 Å². The van der Waals surface area contributed by atoms with Gasteiger partial charge in [0.15, 0.2) is 5.16 Å². The molecule has 1 aliphatic rings. The molecule has 0 unspecified atom stereocenters. The summed E-state index contributed by atoms with van der Waals surface area (Å²) in [4.78, 5) is 17.1. The average Bonchev–Trinajstić information content (AvgIpc) is 2.86. The Morgan fingerprint density at radius 2 is 1.90 bits per heavy atom. The van der Waals surface area contributed by atoms with E-state index in [0.717, 1.165) is 21.8 Å². The molecule has 0 spiro atoms. The van der Waals surface area contributed by atoms with Gasteiger partial charge in [0.25, 0.3) is 0 Å². The van der Waals surface area contributed by atoms with Gasteiger partial charge in [-0.2, -0.15) is 0 Å². The zero-order valence-corrected chi connectivity index (χ0v) is 12.6. The van der Waals surface area contributed by atoms with Gasteiger partial charge >= 0.3 is 0 Å². The van der Waals surface area contributed by atoms with Crippen LogP contribution < -0.4 is 0 Å². The predicted molar refractivity (Wildman–Crippen MR) is 85.0 cm³/mol. The van der Waals surface area contributed by atoms with Crippen LogP contribution in [0.1, 0.15) is 22.0 Å². The molecule has 2 heterocycles. The Morgan fingerprint density at radius 3 is 2.71 bits per heavy atom. The second-order valence-electron chi connectivity index (χ2n) is 4.97. The van der Waals surface area contributed by atoms with Crippen LogP contribution in [0.2, 0.25) is 5.02 Å². The molecule has 0 radical (unpaired) electrons. The smallest absolute Gasteiger partial charge is 0.234 e. The van der Waals surface area contributed by atoms with Crippen molar-refractivity contribution in [2.24, 2.45) is 0 Å². The first-order valence-corrected chi connectivity index (χ1v) is 7.91. The van der Waals surface area contributed by atoms with Crippen LogP contribution in [0, 0.1) is 0 Å². The van der Waals surface area contributed by atoms with Gasteiger partial charge in [0.2, 0.25) is 5.91 Å². The number of nitrogens with zero attached hydrogens (tertiary/aromatic N) is 2. The van der Waals surface area contributed by atoms with Crippen molar-refractivity contribution in [2.45, 2.75) is 16.8 Å². The first-order valence-electron chi connectivity index (χ1n) is 6.65. The minimum atomic E-state index is 0.0948. The average molecular weight is 315 g/mol. The van der Waals surface area contributed by atoms with Crippen molar-refractivity contribution in [3.63, 3.8) is 0 Å². The first-order chi connectivity index (χ1) is 10.2. The quantitative estimate of drug-likeness (QED) is 0.660. The van der Waals surface area contributed by atoms with E-state index in [2.05, 4.69) is 4.98 Å². The molecule has 1 aliphatic heterocycles. The number of carbonyl (C=O) groups is 1. The zero-order valence-electron chi connectivity index (χ0n) is 11.0. The Labute approximate surface area is 130 Å². The van der Waals surface area contributed by atoms with Gasteiger partial charge in [-0.3, -0.25) is 9.36 Å². The summed E-state index contributed by atoms with van der Waals surface area (Å²) in [6.45, 7) is 0. The highest BCUT2D eigenvalue weighted by molar-refractivity contribution is 7.99. The molecule has 0 N–H and O–H groups in total. The highest BCUT2D eigenvalue weighted by Gasteiger charge is 2.29. The molecule has 104 valence electrons. The van der Waals surface area contributed by atoms with E-state index in [4.69, 9.17) is 11.6 Å². The van der Waals surface area contributed by atoms with Gasteiger partial charge < -0.3 is 0 Å². The maximum Gasteiger partial charge on any atom is 0.234 e. The number of hydrogen-bond donors (Lipinski definition) is 0. The van der Waals surface area contributed by atoms with Crippen molar-refractivity contribution in [3.8, 4) is 0 Å². The van der Waals surface area contributed by atoms with Crippen molar-refractivity contribution in [3.05, 3.63) is 59.1 Å². The molecule has 0 aliphatic carbocycles. The molecule has 0 saturated heterocycles. The second-order valence-corrected chi connectivity index (χ2v) is 6.58. The molecule has 5 heteroatoms. The fraction of sp³-hybridized carbons (Fsp3) is 0.125. The molecule has 2 aromatic carbocycles. The van der Waals surface area contributed by atoms with Gasteiger partial charge in [-0.15, -0.1) is 0 Å². The van der Waals surface area contributed by atoms with Crippen LogP contribution in [0.5, 0.6) is 0 Å². The normalized spacial score (nSPS) is 18.0. The van der Waals surface area contributed by atoms with Crippen LogP contribution in [0.25, 0.3) is 11.0 Å². The van der Waals surface area contributed by atoms with E-state index in [9.17, 15) is 4.79 Å². The van der Waals surface area contributed by atoms with Gasteiger partial charge in [-0.25, -0.2) is 4.98 Å². The Morgan fingerprint density at radius 1 is 1.14 bits per heavy atom. The summed E-state index contributed by atoms with van der Waals surface area (Å²) in [5.41, 5.74) is 2.86. The van der Waals surface area contributed by atoms with Crippen LogP contribution >= 0.6 is 23.4 Å². The molecule has 0 saturated carbocycles. The monoisotopic (exact) mass is 314 g/mol. The number of carbonyl (C=O) groups excluding carboxylic acids is 1. The summed E-state index contributed by atoms with van der Waals surface area (Å²) in [5.74, 6) is 0.0948. The number of para-hydroxylation sites is 2. The van der Waals surface area contributed by atoms with Gasteiger partial charge in [-0.1, -0.05) is 47.6 Å². The molecule has 1 aromatic heterocycles. The van der Waals surface area contributed by atoms with Crippen LogP contribution in [0.4, 0.5) is 0 Å². The lowest BCUT2D eigenvalue weighted by atomic mass is 10.1. The highest BCUT2D eigenvalue weighted by atomic mass is 35.5. The molecule has 21 heavy (non-hydrogen) atoms. The minimum Gasteiger partial charge on any atom is -0.274 e. The molecule has 3 aromatic rings. The second kappa shape index (κ2) is 4.90. The number of fused-ring (bicyclic) bond motifs is 3. The van der Waals surface area contributed by atoms with Gasteiger partial charge in [-0.05, 0) is 29.8 Å². The summed E-state index contributed by atoms with van der Waals surface area (Å²) in [6, 6.07) is 15.4. The topological polar surface area (TPSA) is 34.9 Å². The number of benzene rings is 2. The van der Waals surface area contributed by atoms with E-state index in [0.29, 0.717) is 11.4 Å². The Bertz CT molecular complexity index is 841. The SMILES string of the molecule is O=C1C[C@H](c2ccc(Cl)cc2)Sc2nc3ccccc3n21. The molecular weight excluding hydrogens is 304 g/mol. The van der Waals surface area contributed by atoms with E-state index in [1.807, 2.05) is 48.5 Å². The number of aromatic nitrogens is 2. The number of rotatable bonds is 1. The highest BCUT2D eigenvalue weighted by Crippen LogP contribution is 2.42. The summed E-state index contributed by atoms with van der Waals surface area (Å²) in [5, 5.41) is 1.57. The van der Waals surface area contributed by atoms with E-state index in [1.165, 1.54) is 0 Å². The van der Waals surface area contributed by atoms with Crippen LogP contribution in [0.15, 0.2) is 53.7 Å². The standard InChI is InChI=1S/C16H11ClN2OS/c17-11-7-5-10(6-8-11)14-9-15(20)19-13-4-2-1-3-12(13)18-16(19)21-14/h1-8,14H,9H2/t14-/m1/s1. The van der Waals surface area contributed by atoms with Crippen molar-refractivity contribution in [2.75, 3.05) is 0 Å². The third-order valence-electron chi connectivity index (χ3n) is 3.63. The lowest BCUT2D eigenvalue weighted by Crippen LogP contribution is -2.19. The fourth-order valence-corrected chi connectivity index (χ4v) is 3.96. The van der Waals surface area contributed by atoms with Crippen LogP contribution in [-0.2, 0) is 0 Å². The third kappa shape index (κ3) is 2.15. The Kier molecular flexibility index (Phi) is 3.01. The summed E-state index contributed by atoms with van der Waals surface area (Å²) in [7, 11) is 0. The largest absolute Gasteiger partial charge is 0.274 e. The molecule has 3 nitrogen and oxygen atoms in total. The maximum atomic E-state index is 12.5. The lowest BCUT2D eigenvalue weighted by molar-refractivity contribution is 0.0891. The molecule has 4 rings (SSSR count). The maximum absolute atomic E-state index is 12.5. The van der Waals surface area contributed by atoms with Gasteiger partial charge in [0, 0.05) is 16.7 Å². The minimum absolute atomic E-state index is 0.0948. The van der Waals surface area contributed by atoms with Crippen LogP contribution in [0.3, 0.4) is 0 Å². The molecular formula is C16H11ClN2OS. The fourth-order valence-electron chi connectivity index (χ4n) is 2.61. The third-order valence-corrected chi connectivity index (χ3v) is 5.09. The number of imidazole rings is 1. The van der Waals surface area contributed by atoms with E-state index in [-0.39, 0.29) is 11.2 Å². The van der Waals surface area contributed by atoms with E-state index < -0.39 is 0 Å². The van der Waals surface area contributed by atoms with Crippen molar-refractivity contribution in [1.82, 2.24) is 9.55 Å². The van der Waals surface area contributed by atoms with Gasteiger partial charge in [0.05, 0.1) is 11.0 Å². The summed E-state index contributed by atoms with van der Waals surface area (Å²) >= 11 is 7.56. The molecule has 1 atom stereocenters.